The zero-order chi connectivity index (χ0) is 18.1. The molecule has 0 spiro atoms. The molecular formula is C19H20N4O3. The Morgan fingerprint density at radius 2 is 2.12 bits per heavy atom. The van der Waals surface area contributed by atoms with Crippen LogP contribution in [0, 0.1) is 0 Å². The monoisotopic (exact) mass is 352 g/mol. The minimum absolute atomic E-state index is 0.0401. The van der Waals surface area contributed by atoms with E-state index >= 15 is 0 Å². The number of hydrogen-bond donors (Lipinski definition) is 3. The molecule has 1 aliphatic heterocycles. The first-order valence-electron chi connectivity index (χ1n) is 8.68. The fourth-order valence-electron chi connectivity index (χ4n) is 3.56. The average molecular weight is 352 g/mol. The summed E-state index contributed by atoms with van der Waals surface area (Å²) in [7, 11) is 0. The molecule has 0 amide bonds. The van der Waals surface area contributed by atoms with E-state index in [0.29, 0.717) is 12.5 Å². The van der Waals surface area contributed by atoms with Crippen LogP contribution in [-0.4, -0.2) is 50.3 Å². The molecule has 1 aliphatic rings. The number of aliphatic carboxylic acids is 1. The van der Waals surface area contributed by atoms with Crippen LogP contribution in [0.5, 0.6) is 0 Å². The van der Waals surface area contributed by atoms with E-state index in [-0.39, 0.29) is 12.5 Å². The Bertz CT molecular complexity index is 936. The van der Waals surface area contributed by atoms with Gasteiger partial charge in [-0.2, -0.15) is 0 Å². The molecule has 1 atom stereocenters. The van der Waals surface area contributed by atoms with Crippen LogP contribution >= 0.6 is 0 Å². The summed E-state index contributed by atoms with van der Waals surface area (Å²) in [5, 5.41) is 19.9. The molecular weight excluding hydrogens is 332 g/mol. The number of benzene rings is 1. The van der Waals surface area contributed by atoms with Gasteiger partial charge in [-0.05, 0) is 30.0 Å². The zero-order valence-electron chi connectivity index (χ0n) is 14.2. The molecule has 1 saturated heterocycles. The van der Waals surface area contributed by atoms with Crippen molar-refractivity contribution >= 4 is 22.8 Å². The molecule has 0 bridgehead atoms. The predicted molar refractivity (Wildman–Crippen MR) is 98.1 cm³/mol. The number of aromatic amines is 1. The Balaban J connectivity index is 1.69. The lowest BCUT2D eigenvalue weighted by atomic mass is 10.0. The number of nitrogens with zero attached hydrogens (tertiary/aromatic N) is 3. The highest BCUT2D eigenvalue weighted by atomic mass is 16.4. The van der Waals surface area contributed by atoms with Crippen LogP contribution in [0.3, 0.4) is 0 Å². The first-order valence-corrected chi connectivity index (χ1v) is 8.68. The van der Waals surface area contributed by atoms with Crippen molar-refractivity contribution < 1.29 is 15.0 Å². The third-order valence-corrected chi connectivity index (χ3v) is 4.76. The van der Waals surface area contributed by atoms with E-state index in [1.165, 1.54) is 0 Å². The standard InChI is InChI=1S/C19H20N4O3/c24-14-3-2-6-23(11-14)19-21-9-13(10-22-19)15-4-1-5-16-18(15)12(8-20-16)7-17(25)26/h1,4-5,8-10,14,20,24H,2-3,6-7,11H2,(H,25,26). The maximum absolute atomic E-state index is 11.1. The number of H-pyrrole nitrogens is 1. The van der Waals surface area contributed by atoms with Crippen molar-refractivity contribution in [3.05, 3.63) is 42.4 Å². The van der Waals surface area contributed by atoms with Crippen molar-refractivity contribution in [1.29, 1.82) is 0 Å². The van der Waals surface area contributed by atoms with E-state index in [1.54, 1.807) is 18.6 Å². The fraction of sp³-hybridized carbons (Fsp3) is 0.316. The molecule has 1 unspecified atom stereocenters. The van der Waals surface area contributed by atoms with Crippen molar-refractivity contribution in [2.24, 2.45) is 0 Å². The summed E-state index contributed by atoms with van der Waals surface area (Å²) in [6.45, 7) is 1.39. The van der Waals surface area contributed by atoms with E-state index < -0.39 is 5.97 Å². The number of hydrogen-bond acceptors (Lipinski definition) is 5. The van der Waals surface area contributed by atoms with Gasteiger partial charge in [-0.1, -0.05) is 12.1 Å². The number of aliphatic hydroxyl groups is 1. The Labute approximate surface area is 150 Å². The number of β-amino-alcohol motifs (C(OH)–C–C–N with tert-alkyl or cyclic N) is 1. The minimum atomic E-state index is -0.865. The maximum atomic E-state index is 11.1. The number of piperidine rings is 1. The number of anilines is 1. The molecule has 3 aromatic rings. The minimum Gasteiger partial charge on any atom is -0.481 e. The number of carbonyl (C=O) groups is 1. The summed E-state index contributed by atoms with van der Waals surface area (Å²) < 4.78 is 0. The second-order valence-corrected chi connectivity index (χ2v) is 6.63. The van der Waals surface area contributed by atoms with E-state index in [0.717, 1.165) is 47.0 Å². The maximum Gasteiger partial charge on any atom is 0.307 e. The molecule has 0 aliphatic carbocycles. The topological polar surface area (TPSA) is 102 Å². The van der Waals surface area contributed by atoms with Crippen molar-refractivity contribution in [3.8, 4) is 11.1 Å². The number of aliphatic hydroxyl groups excluding tert-OH is 1. The van der Waals surface area contributed by atoms with Crippen molar-refractivity contribution in [2.45, 2.75) is 25.4 Å². The van der Waals surface area contributed by atoms with Gasteiger partial charge in [-0.3, -0.25) is 4.79 Å². The highest BCUT2D eigenvalue weighted by molar-refractivity contribution is 5.98. The van der Waals surface area contributed by atoms with Crippen LogP contribution in [0.1, 0.15) is 18.4 Å². The zero-order valence-corrected chi connectivity index (χ0v) is 14.2. The van der Waals surface area contributed by atoms with Crippen molar-refractivity contribution in [3.63, 3.8) is 0 Å². The van der Waals surface area contributed by atoms with Gasteiger partial charge in [-0.25, -0.2) is 9.97 Å². The number of rotatable bonds is 4. The third kappa shape index (κ3) is 3.13. The summed E-state index contributed by atoms with van der Waals surface area (Å²) in [6, 6.07) is 5.80. The van der Waals surface area contributed by atoms with Crippen molar-refractivity contribution in [1.82, 2.24) is 15.0 Å². The lowest BCUT2D eigenvalue weighted by Crippen LogP contribution is -2.39. The van der Waals surface area contributed by atoms with E-state index in [9.17, 15) is 9.90 Å². The first kappa shape index (κ1) is 16.5. The van der Waals surface area contributed by atoms with Crippen LogP contribution < -0.4 is 4.90 Å². The molecule has 7 heteroatoms. The average Bonchev–Trinajstić information content (AvgIpc) is 3.04. The predicted octanol–water partition coefficient (Wildman–Crippen LogP) is 2.21. The first-order chi connectivity index (χ1) is 12.6. The second kappa shape index (κ2) is 6.76. The van der Waals surface area contributed by atoms with E-state index in [4.69, 9.17) is 5.11 Å². The Morgan fingerprint density at radius 3 is 2.85 bits per heavy atom. The van der Waals surface area contributed by atoms with Gasteiger partial charge >= 0.3 is 5.97 Å². The van der Waals surface area contributed by atoms with Gasteiger partial charge in [0.05, 0.1) is 12.5 Å². The van der Waals surface area contributed by atoms with Gasteiger partial charge in [0.25, 0.3) is 0 Å². The largest absolute Gasteiger partial charge is 0.481 e. The Morgan fingerprint density at radius 1 is 1.31 bits per heavy atom. The number of aromatic nitrogens is 3. The number of carboxylic acids is 1. The third-order valence-electron chi connectivity index (χ3n) is 4.76. The molecule has 2 aromatic heterocycles. The van der Waals surface area contributed by atoms with E-state index in [2.05, 4.69) is 15.0 Å². The number of fused-ring (bicyclic) bond motifs is 1. The molecule has 0 radical (unpaired) electrons. The van der Waals surface area contributed by atoms with Gasteiger partial charge in [0.1, 0.15) is 0 Å². The summed E-state index contributed by atoms with van der Waals surface area (Å²) in [6.07, 6.45) is 6.63. The Hall–Kier alpha value is -2.93. The molecule has 0 saturated carbocycles. The molecule has 1 fully saturated rings. The second-order valence-electron chi connectivity index (χ2n) is 6.63. The van der Waals surface area contributed by atoms with Crippen LogP contribution in [0.15, 0.2) is 36.8 Å². The molecule has 1 aromatic carbocycles. The van der Waals surface area contributed by atoms with Gasteiger partial charge in [-0.15, -0.1) is 0 Å². The van der Waals surface area contributed by atoms with Crippen LogP contribution in [0.4, 0.5) is 5.95 Å². The Kier molecular flexibility index (Phi) is 4.30. The number of carboxylic acid groups (broad SMARTS) is 1. The lowest BCUT2D eigenvalue weighted by molar-refractivity contribution is -0.136. The molecule has 3 N–H and O–H groups in total. The highest BCUT2D eigenvalue weighted by Crippen LogP contribution is 2.31. The summed E-state index contributed by atoms with van der Waals surface area (Å²) in [4.78, 5) is 25.2. The van der Waals surface area contributed by atoms with Crippen molar-refractivity contribution in [2.75, 3.05) is 18.0 Å². The summed E-state index contributed by atoms with van der Waals surface area (Å²) in [5.41, 5.74) is 3.38. The molecule has 134 valence electrons. The van der Waals surface area contributed by atoms with Gasteiger partial charge < -0.3 is 20.1 Å². The SMILES string of the molecule is O=C(O)Cc1c[nH]c2cccc(-c3cnc(N4CCCC(O)C4)nc3)c12. The summed E-state index contributed by atoms with van der Waals surface area (Å²) in [5.74, 6) is -0.254. The smallest absolute Gasteiger partial charge is 0.307 e. The van der Waals surface area contributed by atoms with Crippen LogP contribution in [-0.2, 0) is 11.2 Å². The van der Waals surface area contributed by atoms with Gasteiger partial charge in [0.15, 0.2) is 0 Å². The summed E-state index contributed by atoms with van der Waals surface area (Å²) >= 11 is 0. The highest BCUT2D eigenvalue weighted by Gasteiger charge is 2.20. The van der Waals surface area contributed by atoms with Crippen LogP contribution in [0.25, 0.3) is 22.0 Å². The number of nitrogens with one attached hydrogen (secondary N) is 1. The molecule has 7 nitrogen and oxygen atoms in total. The van der Waals surface area contributed by atoms with Gasteiger partial charge in [0.2, 0.25) is 5.95 Å². The normalized spacial score (nSPS) is 17.6. The quantitative estimate of drug-likeness (QED) is 0.665. The van der Waals surface area contributed by atoms with E-state index in [1.807, 2.05) is 23.1 Å². The van der Waals surface area contributed by atoms with Crippen LogP contribution in [0.2, 0.25) is 0 Å². The molecule has 4 rings (SSSR count). The molecule has 3 heterocycles. The van der Waals surface area contributed by atoms with Gasteiger partial charge in [0, 0.05) is 48.1 Å². The molecule has 26 heavy (non-hydrogen) atoms. The fourth-order valence-corrected chi connectivity index (χ4v) is 3.56. The lowest BCUT2D eigenvalue weighted by Gasteiger charge is -2.29.